The maximum absolute atomic E-state index is 13.1. The van der Waals surface area contributed by atoms with Crippen LogP contribution in [0.5, 0.6) is 0 Å². The van der Waals surface area contributed by atoms with Crippen molar-refractivity contribution in [2.45, 2.75) is 6.42 Å². The number of hydrogen-bond donors (Lipinski definition) is 1. The average molecular weight is 394 g/mol. The molecule has 0 aliphatic carbocycles. The number of amides is 2. The molecular weight excluding hydrogens is 376 g/mol. The third-order valence-corrected chi connectivity index (χ3v) is 4.73. The first kappa shape index (κ1) is 19.1. The van der Waals surface area contributed by atoms with E-state index in [0.717, 1.165) is 5.56 Å². The van der Waals surface area contributed by atoms with Crippen molar-refractivity contribution in [2.24, 2.45) is 4.99 Å². The van der Waals surface area contributed by atoms with Gasteiger partial charge in [-0.05, 0) is 35.9 Å². The first-order valence-corrected chi connectivity index (χ1v) is 9.46. The Bertz CT molecular complexity index is 1180. The molecule has 6 heteroatoms. The number of carbonyl (C=O) groups is 2. The van der Waals surface area contributed by atoms with Crippen LogP contribution < -0.4 is 10.2 Å². The zero-order valence-corrected chi connectivity index (χ0v) is 16.1. The minimum Gasteiger partial charge on any atom is -0.324 e. The van der Waals surface area contributed by atoms with Gasteiger partial charge in [0.1, 0.15) is 6.54 Å². The van der Waals surface area contributed by atoms with Gasteiger partial charge in [0.05, 0.1) is 35.1 Å². The standard InChI is InChI=1S/C24H18N4O2/c25-15-17-7-6-10-19(13-17)26-23(29)16-28-22-12-5-4-11-20(22)27-21(14-24(28)30)18-8-2-1-3-9-18/h1-13H,14,16H2,(H,26,29). The lowest BCUT2D eigenvalue weighted by atomic mass is 10.1. The molecule has 1 N–H and O–H groups in total. The van der Waals surface area contributed by atoms with E-state index in [1.807, 2.05) is 54.6 Å². The van der Waals surface area contributed by atoms with E-state index in [1.54, 1.807) is 30.3 Å². The minimum absolute atomic E-state index is 0.0931. The van der Waals surface area contributed by atoms with Crippen molar-refractivity contribution in [1.82, 2.24) is 0 Å². The Labute approximate surface area is 174 Å². The number of nitriles is 1. The largest absolute Gasteiger partial charge is 0.324 e. The summed E-state index contributed by atoms with van der Waals surface area (Å²) in [5.74, 6) is -0.556. The second-order valence-corrected chi connectivity index (χ2v) is 6.81. The lowest BCUT2D eigenvalue weighted by Gasteiger charge is -2.22. The molecule has 4 rings (SSSR count). The van der Waals surface area contributed by atoms with Crippen LogP contribution in [-0.4, -0.2) is 24.1 Å². The molecule has 30 heavy (non-hydrogen) atoms. The number of nitrogens with one attached hydrogen (secondary N) is 1. The number of rotatable bonds is 4. The predicted octanol–water partition coefficient (Wildman–Crippen LogP) is 4.05. The van der Waals surface area contributed by atoms with Crippen LogP contribution in [0.1, 0.15) is 17.5 Å². The Morgan fingerprint density at radius 2 is 1.80 bits per heavy atom. The third-order valence-electron chi connectivity index (χ3n) is 4.73. The second-order valence-electron chi connectivity index (χ2n) is 6.81. The van der Waals surface area contributed by atoms with Crippen LogP contribution in [0.25, 0.3) is 0 Å². The van der Waals surface area contributed by atoms with Gasteiger partial charge in [-0.3, -0.25) is 14.6 Å². The zero-order valence-electron chi connectivity index (χ0n) is 16.1. The first-order valence-electron chi connectivity index (χ1n) is 9.46. The van der Waals surface area contributed by atoms with Crippen molar-refractivity contribution in [3.8, 4) is 6.07 Å². The number of hydrogen-bond acceptors (Lipinski definition) is 4. The molecule has 3 aromatic carbocycles. The van der Waals surface area contributed by atoms with Gasteiger partial charge >= 0.3 is 0 Å². The monoisotopic (exact) mass is 394 g/mol. The summed E-state index contributed by atoms with van der Waals surface area (Å²) < 4.78 is 0. The topological polar surface area (TPSA) is 85.6 Å². The molecule has 0 unspecified atom stereocenters. The third kappa shape index (κ3) is 4.10. The maximum atomic E-state index is 13.1. The highest BCUT2D eigenvalue weighted by Gasteiger charge is 2.26. The van der Waals surface area contributed by atoms with Crippen LogP contribution >= 0.6 is 0 Å². The Morgan fingerprint density at radius 1 is 1.03 bits per heavy atom. The van der Waals surface area contributed by atoms with Crippen molar-refractivity contribution in [3.63, 3.8) is 0 Å². The molecule has 1 aliphatic rings. The molecule has 3 aromatic rings. The molecule has 0 aromatic heterocycles. The number of carbonyl (C=O) groups excluding carboxylic acids is 2. The van der Waals surface area contributed by atoms with Crippen LogP contribution in [0.4, 0.5) is 17.1 Å². The second kappa shape index (κ2) is 8.41. The molecule has 0 radical (unpaired) electrons. The summed E-state index contributed by atoms with van der Waals surface area (Å²) in [5.41, 5.74) is 3.73. The number of benzene rings is 3. The normalized spacial score (nSPS) is 13.0. The maximum Gasteiger partial charge on any atom is 0.244 e. The fourth-order valence-electron chi connectivity index (χ4n) is 3.33. The molecule has 0 saturated heterocycles. The van der Waals surface area contributed by atoms with Crippen LogP contribution in [0.3, 0.4) is 0 Å². The SMILES string of the molecule is N#Cc1cccc(NC(=O)CN2C(=O)CC(c3ccccc3)=Nc3ccccc32)c1. The number of aliphatic imine (C=N–C) groups is 1. The van der Waals surface area contributed by atoms with Gasteiger partial charge in [-0.15, -0.1) is 0 Å². The van der Waals surface area contributed by atoms with Crippen LogP contribution in [0, 0.1) is 11.3 Å². The van der Waals surface area contributed by atoms with Crippen LogP contribution in [0.15, 0.2) is 83.9 Å². The lowest BCUT2D eigenvalue weighted by Crippen LogP contribution is -2.38. The van der Waals surface area contributed by atoms with Gasteiger partial charge < -0.3 is 10.2 Å². The van der Waals surface area contributed by atoms with Gasteiger partial charge in [0.25, 0.3) is 0 Å². The van der Waals surface area contributed by atoms with E-state index < -0.39 is 0 Å². The molecule has 0 fully saturated rings. The Kier molecular flexibility index (Phi) is 5.35. The van der Waals surface area contributed by atoms with Crippen molar-refractivity contribution < 1.29 is 9.59 Å². The highest BCUT2D eigenvalue weighted by Crippen LogP contribution is 2.32. The fraction of sp³-hybridized carbons (Fsp3) is 0.0833. The average Bonchev–Trinajstić information content (AvgIpc) is 2.91. The van der Waals surface area contributed by atoms with Gasteiger partial charge in [-0.1, -0.05) is 48.5 Å². The van der Waals surface area contributed by atoms with Crippen LogP contribution in [-0.2, 0) is 9.59 Å². The van der Waals surface area contributed by atoms with Gasteiger partial charge in [0, 0.05) is 5.69 Å². The molecule has 0 saturated carbocycles. The highest BCUT2D eigenvalue weighted by atomic mass is 16.2. The van der Waals surface area contributed by atoms with Gasteiger partial charge in [-0.25, -0.2) is 0 Å². The first-order chi connectivity index (χ1) is 14.6. The van der Waals surface area contributed by atoms with Gasteiger partial charge in [0.2, 0.25) is 11.8 Å². The van der Waals surface area contributed by atoms with E-state index in [4.69, 9.17) is 10.3 Å². The van der Waals surface area contributed by atoms with E-state index in [9.17, 15) is 9.59 Å². The van der Waals surface area contributed by atoms with E-state index in [-0.39, 0.29) is 24.8 Å². The highest BCUT2D eigenvalue weighted by molar-refractivity contribution is 6.18. The predicted molar refractivity (Wildman–Crippen MR) is 116 cm³/mol. The molecule has 1 heterocycles. The van der Waals surface area contributed by atoms with Crippen molar-refractivity contribution >= 4 is 34.6 Å². The smallest absolute Gasteiger partial charge is 0.244 e. The Morgan fingerprint density at radius 3 is 2.60 bits per heavy atom. The number of fused-ring (bicyclic) bond motifs is 1. The molecule has 6 nitrogen and oxygen atoms in total. The molecule has 2 amide bonds. The van der Waals surface area contributed by atoms with E-state index >= 15 is 0 Å². The summed E-state index contributed by atoms with van der Waals surface area (Å²) in [6.45, 7) is -0.149. The fourth-order valence-corrected chi connectivity index (χ4v) is 3.33. The molecule has 1 aliphatic heterocycles. The summed E-state index contributed by atoms with van der Waals surface area (Å²) in [6, 6.07) is 25.5. The molecule has 0 atom stereocenters. The molecular formula is C24H18N4O2. The molecule has 0 bridgehead atoms. The number of para-hydroxylation sites is 2. The summed E-state index contributed by atoms with van der Waals surface area (Å²) in [4.78, 5) is 31.9. The van der Waals surface area contributed by atoms with E-state index in [2.05, 4.69) is 5.32 Å². The zero-order chi connectivity index (χ0) is 20.9. The molecule has 146 valence electrons. The van der Waals surface area contributed by atoms with Crippen molar-refractivity contribution in [3.05, 3.63) is 90.0 Å². The summed E-state index contributed by atoms with van der Waals surface area (Å²) in [5, 5.41) is 11.8. The number of nitrogens with zero attached hydrogens (tertiary/aromatic N) is 3. The molecule has 0 spiro atoms. The van der Waals surface area contributed by atoms with Gasteiger partial charge in [0.15, 0.2) is 0 Å². The summed E-state index contributed by atoms with van der Waals surface area (Å²) >= 11 is 0. The Balaban J connectivity index is 1.60. The van der Waals surface area contributed by atoms with Gasteiger partial charge in [-0.2, -0.15) is 5.26 Å². The quantitative estimate of drug-likeness (QED) is 0.724. The van der Waals surface area contributed by atoms with Crippen molar-refractivity contribution in [1.29, 1.82) is 5.26 Å². The van der Waals surface area contributed by atoms with Crippen molar-refractivity contribution in [2.75, 3.05) is 16.8 Å². The summed E-state index contributed by atoms with van der Waals surface area (Å²) in [6.07, 6.45) is 0.0931. The Hall–Kier alpha value is -4.24. The van der Waals surface area contributed by atoms with E-state index in [1.165, 1.54) is 4.90 Å². The van der Waals surface area contributed by atoms with E-state index in [0.29, 0.717) is 28.3 Å². The minimum atomic E-state index is -0.351. The lowest BCUT2D eigenvalue weighted by molar-refractivity contribution is -0.120. The number of anilines is 2. The van der Waals surface area contributed by atoms with Crippen LogP contribution in [0.2, 0.25) is 0 Å². The summed E-state index contributed by atoms with van der Waals surface area (Å²) in [7, 11) is 0.